The first-order valence-electron chi connectivity index (χ1n) is 10.3. The van der Waals surface area contributed by atoms with Gasteiger partial charge in [-0.25, -0.2) is 9.67 Å². The fourth-order valence-electron chi connectivity index (χ4n) is 3.23. The second kappa shape index (κ2) is 9.85. The Morgan fingerprint density at radius 2 is 1.58 bits per heavy atom. The van der Waals surface area contributed by atoms with E-state index in [-0.39, 0.29) is 30.4 Å². The van der Waals surface area contributed by atoms with E-state index in [2.05, 4.69) is 34.6 Å². The van der Waals surface area contributed by atoms with Gasteiger partial charge in [-0.05, 0) is 48.7 Å². The maximum Gasteiger partial charge on any atom is 0.416 e. The first-order valence-corrected chi connectivity index (χ1v) is 10.3. The normalized spacial score (nSPS) is 11.5. The third kappa shape index (κ3) is 5.76. The molecule has 1 aromatic heterocycles. The van der Waals surface area contributed by atoms with Crippen LogP contribution in [0.15, 0.2) is 48.5 Å². The second-order valence-corrected chi connectivity index (χ2v) is 7.69. The summed E-state index contributed by atoms with van der Waals surface area (Å²) in [7, 11) is 0. The van der Waals surface area contributed by atoms with E-state index in [0.717, 1.165) is 35.5 Å². The molecule has 33 heavy (non-hydrogen) atoms. The van der Waals surface area contributed by atoms with Crippen LogP contribution in [-0.4, -0.2) is 39.7 Å². The van der Waals surface area contributed by atoms with E-state index in [1.165, 1.54) is 0 Å². The van der Waals surface area contributed by atoms with Gasteiger partial charge in [0.1, 0.15) is 5.82 Å². The Morgan fingerprint density at radius 3 is 2.18 bits per heavy atom. The third-order valence-electron chi connectivity index (χ3n) is 4.93. The van der Waals surface area contributed by atoms with Gasteiger partial charge in [0.15, 0.2) is 0 Å². The standard InChI is InChI=1S/C23H24F3N5O2/c1-14(2)18-6-4-5-7-19(18)31-15(3)29-20(30-31)22(33)28-13-12-27-21(32)16-8-10-17(11-9-16)23(24,25)26/h4-11,14H,12-13H2,1-3H3,(H,27,32)(H,28,33). The number of carbonyl (C=O) groups is 2. The van der Waals surface area contributed by atoms with Gasteiger partial charge in [0.05, 0.1) is 11.3 Å². The molecule has 3 aromatic rings. The average Bonchev–Trinajstić information content (AvgIpc) is 3.17. The lowest BCUT2D eigenvalue weighted by Gasteiger charge is -2.12. The summed E-state index contributed by atoms with van der Waals surface area (Å²) < 4.78 is 39.5. The molecule has 7 nitrogen and oxygen atoms in total. The number of carbonyl (C=O) groups excluding carboxylic acids is 2. The first-order chi connectivity index (χ1) is 15.6. The van der Waals surface area contributed by atoms with Gasteiger partial charge in [0.2, 0.25) is 5.82 Å². The molecular formula is C23H24F3N5O2. The molecular weight excluding hydrogens is 435 g/mol. The highest BCUT2D eigenvalue weighted by Gasteiger charge is 2.30. The van der Waals surface area contributed by atoms with E-state index in [4.69, 9.17) is 0 Å². The molecule has 2 amide bonds. The average molecular weight is 459 g/mol. The van der Waals surface area contributed by atoms with E-state index in [1.807, 2.05) is 24.3 Å². The molecule has 0 radical (unpaired) electrons. The lowest BCUT2D eigenvalue weighted by molar-refractivity contribution is -0.137. The number of halogens is 3. The van der Waals surface area contributed by atoms with Crippen molar-refractivity contribution in [3.05, 3.63) is 76.9 Å². The van der Waals surface area contributed by atoms with Crippen LogP contribution >= 0.6 is 0 Å². The Hall–Kier alpha value is -3.69. The first kappa shape index (κ1) is 24.0. The molecule has 1 heterocycles. The van der Waals surface area contributed by atoms with Crippen molar-refractivity contribution in [2.45, 2.75) is 32.9 Å². The highest BCUT2D eigenvalue weighted by Crippen LogP contribution is 2.29. The van der Waals surface area contributed by atoms with Crippen molar-refractivity contribution in [1.82, 2.24) is 25.4 Å². The molecule has 2 N–H and O–H groups in total. The quantitative estimate of drug-likeness (QED) is 0.525. The van der Waals surface area contributed by atoms with Crippen LogP contribution in [0.5, 0.6) is 0 Å². The third-order valence-corrected chi connectivity index (χ3v) is 4.93. The predicted octanol–water partition coefficient (Wildman–Crippen LogP) is 3.88. The molecule has 0 aliphatic heterocycles. The van der Waals surface area contributed by atoms with E-state index in [0.29, 0.717) is 5.82 Å². The fraction of sp³-hybridized carbons (Fsp3) is 0.304. The number of alkyl halides is 3. The molecule has 0 atom stereocenters. The van der Waals surface area contributed by atoms with Gasteiger partial charge in [-0.3, -0.25) is 9.59 Å². The van der Waals surface area contributed by atoms with Crippen molar-refractivity contribution in [2.75, 3.05) is 13.1 Å². The zero-order valence-corrected chi connectivity index (χ0v) is 18.4. The monoisotopic (exact) mass is 459 g/mol. The molecule has 3 rings (SSSR count). The van der Waals surface area contributed by atoms with Crippen LogP contribution < -0.4 is 10.6 Å². The number of benzene rings is 2. The number of aromatic nitrogens is 3. The lowest BCUT2D eigenvalue weighted by Crippen LogP contribution is -2.35. The molecule has 0 spiro atoms. The number of nitrogens with one attached hydrogen (secondary N) is 2. The van der Waals surface area contributed by atoms with Crippen molar-refractivity contribution in [3.63, 3.8) is 0 Å². The van der Waals surface area contributed by atoms with Crippen LogP contribution in [0.2, 0.25) is 0 Å². The number of hydrogen-bond acceptors (Lipinski definition) is 4. The fourth-order valence-corrected chi connectivity index (χ4v) is 3.23. The van der Waals surface area contributed by atoms with Gasteiger partial charge in [0.25, 0.3) is 11.8 Å². The Morgan fingerprint density at radius 1 is 0.970 bits per heavy atom. The Kier molecular flexibility index (Phi) is 7.15. The number of para-hydroxylation sites is 1. The molecule has 0 aliphatic rings. The summed E-state index contributed by atoms with van der Waals surface area (Å²) in [5.74, 6) is -0.219. The summed E-state index contributed by atoms with van der Waals surface area (Å²) in [6.07, 6.45) is -4.46. The number of rotatable bonds is 7. The van der Waals surface area contributed by atoms with E-state index in [1.54, 1.807) is 11.6 Å². The van der Waals surface area contributed by atoms with Crippen LogP contribution in [-0.2, 0) is 6.18 Å². The molecule has 174 valence electrons. The smallest absolute Gasteiger partial charge is 0.350 e. The van der Waals surface area contributed by atoms with Gasteiger partial charge < -0.3 is 10.6 Å². The minimum Gasteiger partial charge on any atom is -0.350 e. The number of nitrogens with zero attached hydrogens (tertiary/aromatic N) is 3. The van der Waals surface area contributed by atoms with Gasteiger partial charge in [-0.2, -0.15) is 13.2 Å². The van der Waals surface area contributed by atoms with Crippen molar-refractivity contribution in [2.24, 2.45) is 0 Å². The SMILES string of the molecule is Cc1nc(C(=O)NCCNC(=O)c2ccc(C(F)(F)F)cc2)nn1-c1ccccc1C(C)C. The second-order valence-electron chi connectivity index (χ2n) is 7.69. The topological polar surface area (TPSA) is 88.9 Å². The van der Waals surface area contributed by atoms with Crippen LogP contribution in [0.1, 0.15) is 57.7 Å². The van der Waals surface area contributed by atoms with E-state index in [9.17, 15) is 22.8 Å². The summed E-state index contributed by atoms with van der Waals surface area (Å²) in [4.78, 5) is 28.8. The van der Waals surface area contributed by atoms with Crippen LogP contribution in [0.25, 0.3) is 5.69 Å². The molecule has 0 saturated heterocycles. The summed E-state index contributed by atoms with van der Waals surface area (Å²) in [5, 5.41) is 9.50. The molecule has 10 heteroatoms. The van der Waals surface area contributed by atoms with Crippen LogP contribution in [0, 0.1) is 6.92 Å². The van der Waals surface area contributed by atoms with Crippen molar-refractivity contribution < 1.29 is 22.8 Å². The molecule has 0 unspecified atom stereocenters. The molecule has 2 aromatic carbocycles. The van der Waals surface area contributed by atoms with Gasteiger partial charge in [-0.15, -0.1) is 5.10 Å². The van der Waals surface area contributed by atoms with Gasteiger partial charge >= 0.3 is 6.18 Å². The number of hydrogen-bond donors (Lipinski definition) is 2. The lowest BCUT2D eigenvalue weighted by atomic mass is 10.0. The predicted molar refractivity (Wildman–Crippen MR) is 116 cm³/mol. The van der Waals surface area contributed by atoms with Crippen molar-refractivity contribution in [3.8, 4) is 5.69 Å². The van der Waals surface area contributed by atoms with E-state index >= 15 is 0 Å². The summed E-state index contributed by atoms with van der Waals surface area (Å²) in [6.45, 7) is 6.07. The van der Waals surface area contributed by atoms with E-state index < -0.39 is 23.6 Å². The van der Waals surface area contributed by atoms with Gasteiger partial charge in [-0.1, -0.05) is 32.0 Å². The van der Waals surface area contributed by atoms with Crippen LogP contribution in [0.3, 0.4) is 0 Å². The summed E-state index contributed by atoms with van der Waals surface area (Å²) in [5.41, 5.74) is 1.18. The minimum absolute atomic E-state index is 0.000116. The number of aryl methyl sites for hydroxylation is 1. The number of amides is 2. The molecule has 0 bridgehead atoms. The largest absolute Gasteiger partial charge is 0.416 e. The molecule has 0 aliphatic carbocycles. The Labute approximate surface area is 189 Å². The highest BCUT2D eigenvalue weighted by molar-refractivity contribution is 5.94. The zero-order chi connectivity index (χ0) is 24.2. The zero-order valence-electron chi connectivity index (χ0n) is 18.4. The maximum atomic E-state index is 12.6. The van der Waals surface area contributed by atoms with Gasteiger partial charge in [0, 0.05) is 18.7 Å². The molecule has 0 fully saturated rings. The summed E-state index contributed by atoms with van der Waals surface area (Å²) >= 11 is 0. The van der Waals surface area contributed by atoms with Crippen molar-refractivity contribution in [1.29, 1.82) is 0 Å². The Bertz CT molecular complexity index is 1140. The minimum atomic E-state index is -4.46. The Balaban J connectivity index is 1.56. The van der Waals surface area contributed by atoms with Crippen molar-refractivity contribution >= 4 is 11.8 Å². The molecule has 0 saturated carbocycles. The summed E-state index contributed by atoms with van der Waals surface area (Å²) in [6, 6.07) is 11.6. The maximum absolute atomic E-state index is 12.6. The highest BCUT2D eigenvalue weighted by atomic mass is 19.4. The van der Waals surface area contributed by atoms with Crippen LogP contribution in [0.4, 0.5) is 13.2 Å².